The van der Waals surface area contributed by atoms with E-state index in [0.29, 0.717) is 46.9 Å². The lowest BCUT2D eigenvalue weighted by molar-refractivity contribution is -0.143. The number of nitrogens with one attached hydrogen (secondary N) is 1. The van der Waals surface area contributed by atoms with Gasteiger partial charge in [0.1, 0.15) is 23.3 Å². The van der Waals surface area contributed by atoms with Crippen LogP contribution in [-0.4, -0.2) is 51.5 Å². The number of anilines is 2. The van der Waals surface area contributed by atoms with Crippen LogP contribution < -0.4 is 10.2 Å². The topological polar surface area (TPSA) is 110 Å². The van der Waals surface area contributed by atoms with Crippen molar-refractivity contribution in [2.45, 2.75) is 116 Å². The molecule has 5 rings (SSSR count). The fraction of sp³-hybridized carbons (Fsp3) is 0.543. The third-order valence-electron chi connectivity index (χ3n) is 9.01. The van der Waals surface area contributed by atoms with Crippen LogP contribution in [0.3, 0.4) is 0 Å². The molecule has 1 saturated carbocycles. The van der Waals surface area contributed by atoms with E-state index < -0.39 is 59.0 Å². The fourth-order valence-corrected chi connectivity index (χ4v) is 6.67. The number of amides is 2. The summed E-state index contributed by atoms with van der Waals surface area (Å²) in [5.74, 6) is 0.979. The Labute approximate surface area is 291 Å². The van der Waals surface area contributed by atoms with Gasteiger partial charge in [0.25, 0.3) is 0 Å². The largest absolute Gasteiger partial charge is 0.444 e. The number of nitrogens with zero attached hydrogens (tertiary/aromatic N) is 4. The number of aromatic nitrogens is 2. The van der Waals surface area contributed by atoms with E-state index in [2.05, 4.69) is 15.4 Å². The molecule has 2 amide bonds. The lowest BCUT2D eigenvalue weighted by Gasteiger charge is -2.36. The molecule has 1 aliphatic heterocycles. The molecule has 1 aliphatic carbocycles. The van der Waals surface area contributed by atoms with Crippen molar-refractivity contribution in [3.8, 4) is 11.1 Å². The predicted octanol–water partition coefficient (Wildman–Crippen LogP) is 9.67. The van der Waals surface area contributed by atoms with Crippen LogP contribution in [0.15, 0.2) is 35.0 Å². The Morgan fingerprint density at radius 2 is 1.65 bits per heavy atom. The molecule has 2 aliphatic rings. The minimum atomic E-state index is -5.07. The summed E-state index contributed by atoms with van der Waals surface area (Å²) in [5, 5.41) is 6.59. The van der Waals surface area contributed by atoms with Gasteiger partial charge in [0.05, 0.1) is 29.3 Å². The van der Waals surface area contributed by atoms with E-state index >= 15 is 0 Å². The number of carbonyl (C=O) groups excluding carboxylic acids is 2. The van der Waals surface area contributed by atoms with Crippen LogP contribution in [0.4, 0.5) is 47.6 Å². The first-order chi connectivity index (χ1) is 23.8. The third kappa shape index (κ3) is 8.52. The van der Waals surface area contributed by atoms with Crippen LogP contribution in [0.1, 0.15) is 101 Å². The average molecular weight is 726 g/mol. The zero-order valence-electron chi connectivity index (χ0n) is 29.2. The van der Waals surface area contributed by atoms with Gasteiger partial charge in [0, 0.05) is 29.9 Å². The van der Waals surface area contributed by atoms with Crippen molar-refractivity contribution in [1.29, 1.82) is 0 Å². The Hall–Kier alpha value is -4.50. The molecule has 1 saturated heterocycles. The number of benzene rings is 1. The maximum absolute atomic E-state index is 13.7. The van der Waals surface area contributed by atoms with Crippen molar-refractivity contribution in [2.75, 3.05) is 16.8 Å². The van der Waals surface area contributed by atoms with Crippen molar-refractivity contribution >= 4 is 23.8 Å². The number of halogens is 6. The Morgan fingerprint density at radius 1 is 1.02 bits per heavy atom. The lowest BCUT2D eigenvalue weighted by atomic mass is 9.93. The standard InChI is InChI=1S/C35H41F6N5O5/c1-7-45(26-11-9-8-10-12-26)30-23(13-22(17-42-30)27-20(3)51-44-29(27)43-31(47)50-33(4,5)6)18-46-19(2)28(49-32(46)48)21-14-24(34(36,37)38)16-25(15-21)35(39,40)41/h13-17,19,26,28H,7-12,18H2,1-6H3,(H,43,44,47). The molecule has 0 spiro atoms. The van der Waals surface area contributed by atoms with Crippen LogP contribution in [0, 0.1) is 6.92 Å². The molecule has 1 aromatic carbocycles. The monoisotopic (exact) mass is 725 g/mol. The number of hydrogen-bond acceptors (Lipinski definition) is 8. The zero-order chi connectivity index (χ0) is 37.5. The lowest BCUT2D eigenvalue weighted by Crippen LogP contribution is -2.39. The molecule has 2 unspecified atom stereocenters. The average Bonchev–Trinajstić information content (AvgIpc) is 3.53. The summed E-state index contributed by atoms with van der Waals surface area (Å²) in [6.45, 7) is 10.7. The van der Waals surface area contributed by atoms with Gasteiger partial charge < -0.3 is 18.9 Å². The van der Waals surface area contributed by atoms with E-state index in [9.17, 15) is 35.9 Å². The molecule has 10 nitrogen and oxygen atoms in total. The van der Waals surface area contributed by atoms with Crippen LogP contribution in [0.2, 0.25) is 0 Å². The van der Waals surface area contributed by atoms with Crippen molar-refractivity contribution in [3.63, 3.8) is 0 Å². The van der Waals surface area contributed by atoms with Gasteiger partial charge in [-0.2, -0.15) is 26.3 Å². The Morgan fingerprint density at radius 3 is 2.22 bits per heavy atom. The Bertz CT molecular complexity index is 1710. The highest BCUT2D eigenvalue weighted by Crippen LogP contribution is 2.42. The summed E-state index contributed by atoms with van der Waals surface area (Å²) in [6.07, 6.45) is -6.62. The Kier molecular flexibility index (Phi) is 10.6. The number of aryl methyl sites for hydroxylation is 1. The van der Waals surface area contributed by atoms with Crippen molar-refractivity contribution in [2.24, 2.45) is 0 Å². The molecular weight excluding hydrogens is 684 g/mol. The van der Waals surface area contributed by atoms with Crippen molar-refractivity contribution < 1.29 is 49.9 Å². The van der Waals surface area contributed by atoms with Crippen LogP contribution in [0.5, 0.6) is 0 Å². The van der Waals surface area contributed by atoms with E-state index in [4.69, 9.17) is 19.0 Å². The zero-order valence-corrected chi connectivity index (χ0v) is 29.2. The van der Waals surface area contributed by atoms with E-state index in [1.165, 1.54) is 11.8 Å². The second kappa shape index (κ2) is 14.3. The molecule has 3 aromatic rings. The third-order valence-corrected chi connectivity index (χ3v) is 9.01. The van der Waals surface area contributed by atoms with E-state index in [0.717, 1.165) is 32.1 Å². The maximum atomic E-state index is 13.7. The van der Waals surface area contributed by atoms with E-state index in [1.54, 1.807) is 40.0 Å². The van der Waals surface area contributed by atoms with Gasteiger partial charge in [0.2, 0.25) is 0 Å². The summed E-state index contributed by atoms with van der Waals surface area (Å²) in [7, 11) is 0. The highest BCUT2D eigenvalue weighted by molar-refractivity contribution is 5.90. The molecule has 3 heterocycles. The van der Waals surface area contributed by atoms with E-state index in [-0.39, 0.29) is 24.5 Å². The minimum absolute atomic E-state index is 0.0371. The highest BCUT2D eigenvalue weighted by Gasteiger charge is 2.44. The van der Waals surface area contributed by atoms with Gasteiger partial charge in [-0.25, -0.2) is 14.6 Å². The fourth-order valence-electron chi connectivity index (χ4n) is 6.67. The molecular formula is C35H41F6N5O5. The van der Waals surface area contributed by atoms with Crippen LogP contribution in [-0.2, 0) is 28.4 Å². The molecule has 1 N–H and O–H groups in total. The van der Waals surface area contributed by atoms with Gasteiger partial charge in [-0.1, -0.05) is 24.4 Å². The summed E-state index contributed by atoms with van der Waals surface area (Å²) < 4.78 is 98.4. The summed E-state index contributed by atoms with van der Waals surface area (Å²) in [4.78, 5) is 34.2. The predicted molar refractivity (Wildman–Crippen MR) is 175 cm³/mol. The van der Waals surface area contributed by atoms with Gasteiger partial charge in [-0.15, -0.1) is 0 Å². The number of hydrogen-bond donors (Lipinski definition) is 1. The highest BCUT2D eigenvalue weighted by atomic mass is 19.4. The molecule has 2 aromatic heterocycles. The molecule has 0 radical (unpaired) electrons. The van der Waals surface area contributed by atoms with Gasteiger partial charge >= 0.3 is 24.5 Å². The maximum Gasteiger partial charge on any atom is 0.416 e. The van der Waals surface area contributed by atoms with Gasteiger partial charge in [0.15, 0.2) is 5.82 Å². The second-order valence-corrected chi connectivity index (χ2v) is 13.9. The van der Waals surface area contributed by atoms with Gasteiger partial charge in [-0.05, 0) is 84.2 Å². The molecule has 0 bridgehead atoms. The number of carbonyl (C=O) groups is 2. The quantitative estimate of drug-likeness (QED) is 0.229. The molecule has 278 valence electrons. The molecule has 2 fully saturated rings. The second-order valence-electron chi connectivity index (χ2n) is 13.9. The van der Waals surface area contributed by atoms with E-state index in [1.807, 2.05) is 6.92 Å². The summed E-state index contributed by atoms with van der Waals surface area (Å²) >= 11 is 0. The first-order valence-corrected chi connectivity index (χ1v) is 16.8. The summed E-state index contributed by atoms with van der Waals surface area (Å²) in [5.41, 5.74) is -2.80. The smallest absolute Gasteiger partial charge is 0.416 e. The van der Waals surface area contributed by atoms with Crippen molar-refractivity contribution in [1.82, 2.24) is 15.0 Å². The SMILES string of the molecule is CCN(c1ncc(-c2c(NC(=O)OC(C)(C)C)noc2C)cc1CN1C(=O)OC(c2cc(C(F)(F)F)cc(C(F)(F)F)c2)C1C)C1CCCCC1. The molecule has 2 atom stereocenters. The first kappa shape index (κ1) is 37.7. The minimum Gasteiger partial charge on any atom is -0.444 e. The summed E-state index contributed by atoms with van der Waals surface area (Å²) in [6, 6.07) is 2.14. The number of alkyl halides is 6. The van der Waals surface area contributed by atoms with Crippen LogP contribution >= 0.6 is 0 Å². The molecule has 51 heavy (non-hydrogen) atoms. The Balaban J connectivity index is 1.54. The van der Waals surface area contributed by atoms with Crippen molar-refractivity contribution in [3.05, 3.63) is 58.5 Å². The normalized spacial score (nSPS) is 18.9. The number of pyridine rings is 1. The first-order valence-electron chi connectivity index (χ1n) is 16.8. The van der Waals surface area contributed by atoms with Gasteiger partial charge in [-0.3, -0.25) is 10.2 Å². The number of cyclic esters (lactones) is 1. The number of rotatable bonds is 8. The van der Waals surface area contributed by atoms with Crippen LogP contribution in [0.25, 0.3) is 11.1 Å². The number of ether oxygens (including phenoxy) is 2. The molecule has 16 heteroatoms.